The maximum absolute atomic E-state index is 12.4. The van der Waals surface area contributed by atoms with Gasteiger partial charge < -0.3 is 5.32 Å². The van der Waals surface area contributed by atoms with Crippen LogP contribution in [0.4, 0.5) is 5.13 Å². The van der Waals surface area contributed by atoms with Gasteiger partial charge in [0.05, 0.1) is 12.2 Å². The standard InChI is InChI=1S/C20H19N3OS/c24-19(13-23-11-10-15-6-4-5-9-17(15)12-23)22-20-21-18(14-25-20)16-7-2-1-3-8-16/h1-9,14H,10-13H2,(H,21,22,24). The molecule has 3 aromatic rings. The van der Waals surface area contributed by atoms with E-state index in [-0.39, 0.29) is 5.91 Å². The number of thiazole rings is 1. The van der Waals surface area contributed by atoms with Crippen molar-refractivity contribution < 1.29 is 4.79 Å². The Morgan fingerprint density at radius 3 is 2.68 bits per heavy atom. The second-order valence-electron chi connectivity index (χ2n) is 6.18. The summed E-state index contributed by atoms with van der Waals surface area (Å²) in [6, 6.07) is 18.5. The summed E-state index contributed by atoms with van der Waals surface area (Å²) in [4.78, 5) is 19.1. The highest BCUT2D eigenvalue weighted by atomic mass is 32.1. The Bertz CT molecular complexity index is 875. The quantitative estimate of drug-likeness (QED) is 0.779. The molecule has 1 aromatic heterocycles. The zero-order valence-electron chi connectivity index (χ0n) is 13.8. The molecule has 0 radical (unpaired) electrons. The van der Waals surface area contributed by atoms with Crippen molar-refractivity contribution >= 4 is 22.4 Å². The smallest absolute Gasteiger partial charge is 0.240 e. The van der Waals surface area contributed by atoms with E-state index in [0.717, 1.165) is 30.8 Å². The lowest BCUT2D eigenvalue weighted by Gasteiger charge is -2.27. The summed E-state index contributed by atoms with van der Waals surface area (Å²) in [5, 5.41) is 5.56. The van der Waals surface area contributed by atoms with Gasteiger partial charge in [-0.1, -0.05) is 54.6 Å². The number of aromatic nitrogens is 1. The summed E-state index contributed by atoms with van der Waals surface area (Å²) in [5.41, 5.74) is 4.67. The molecule has 25 heavy (non-hydrogen) atoms. The topological polar surface area (TPSA) is 45.2 Å². The number of hydrogen-bond acceptors (Lipinski definition) is 4. The van der Waals surface area contributed by atoms with E-state index in [9.17, 15) is 4.79 Å². The third kappa shape index (κ3) is 3.78. The van der Waals surface area contributed by atoms with Gasteiger partial charge in [0.15, 0.2) is 5.13 Å². The highest BCUT2D eigenvalue weighted by Gasteiger charge is 2.18. The van der Waals surface area contributed by atoms with Crippen LogP contribution in [0.2, 0.25) is 0 Å². The van der Waals surface area contributed by atoms with E-state index >= 15 is 0 Å². The van der Waals surface area contributed by atoms with Gasteiger partial charge >= 0.3 is 0 Å². The lowest BCUT2D eigenvalue weighted by Crippen LogP contribution is -2.37. The van der Waals surface area contributed by atoms with Crippen LogP contribution in [0.3, 0.4) is 0 Å². The van der Waals surface area contributed by atoms with Crippen molar-refractivity contribution in [1.82, 2.24) is 9.88 Å². The molecule has 5 heteroatoms. The van der Waals surface area contributed by atoms with Crippen molar-refractivity contribution in [2.24, 2.45) is 0 Å². The molecule has 0 fully saturated rings. The molecular formula is C20H19N3OS. The van der Waals surface area contributed by atoms with Crippen molar-refractivity contribution in [3.05, 3.63) is 71.1 Å². The van der Waals surface area contributed by atoms with Gasteiger partial charge in [-0.25, -0.2) is 4.98 Å². The maximum atomic E-state index is 12.4. The highest BCUT2D eigenvalue weighted by molar-refractivity contribution is 7.14. The molecule has 0 aliphatic carbocycles. The summed E-state index contributed by atoms with van der Waals surface area (Å²) in [5.74, 6) is -0.00616. The number of hydrogen-bond donors (Lipinski definition) is 1. The SMILES string of the molecule is O=C(CN1CCc2ccccc2C1)Nc1nc(-c2ccccc2)cs1. The zero-order chi connectivity index (χ0) is 17.1. The van der Waals surface area contributed by atoms with Gasteiger partial charge in [-0.3, -0.25) is 9.69 Å². The van der Waals surface area contributed by atoms with Gasteiger partial charge in [0.2, 0.25) is 5.91 Å². The van der Waals surface area contributed by atoms with Crippen molar-refractivity contribution in [2.45, 2.75) is 13.0 Å². The maximum Gasteiger partial charge on any atom is 0.240 e. The molecule has 1 aliphatic heterocycles. The van der Waals surface area contributed by atoms with E-state index in [2.05, 4.69) is 39.5 Å². The minimum absolute atomic E-state index is 0.00616. The monoisotopic (exact) mass is 349 g/mol. The molecule has 0 saturated carbocycles. The molecule has 1 aliphatic rings. The van der Waals surface area contributed by atoms with Gasteiger partial charge in [0.1, 0.15) is 0 Å². The number of amides is 1. The Labute approximate surface area is 151 Å². The summed E-state index contributed by atoms with van der Waals surface area (Å²) in [6.07, 6.45) is 0.999. The van der Waals surface area contributed by atoms with Crippen LogP contribution in [0.5, 0.6) is 0 Å². The number of nitrogens with zero attached hydrogens (tertiary/aromatic N) is 2. The second kappa shape index (κ2) is 7.17. The molecule has 0 unspecified atom stereocenters. The van der Waals surface area contributed by atoms with Gasteiger partial charge in [-0.15, -0.1) is 11.3 Å². The van der Waals surface area contributed by atoms with E-state index in [4.69, 9.17) is 0 Å². The van der Waals surface area contributed by atoms with Crippen LogP contribution >= 0.6 is 11.3 Å². The molecule has 1 N–H and O–H groups in total. The first-order valence-corrected chi connectivity index (χ1v) is 9.26. The van der Waals surface area contributed by atoms with Gasteiger partial charge in [-0.2, -0.15) is 0 Å². The fraction of sp³-hybridized carbons (Fsp3) is 0.200. The molecule has 0 atom stereocenters. The lowest BCUT2D eigenvalue weighted by molar-refractivity contribution is -0.117. The minimum atomic E-state index is -0.00616. The van der Waals surface area contributed by atoms with Crippen molar-refractivity contribution in [1.29, 1.82) is 0 Å². The summed E-state index contributed by atoms with van der Waals surface area (Å²) in [7, 11) is 0. The third-order valence-electron chi connectivity index (χ3n) is 4.40. The normalized spacial score (nSPS) is 14.1. The van der Waals surface area contributed by atoms with E-state index in [1.165, 1.54) is 22.5 Å². The number of carbonyl (C=O) groups excluding carboxylic acids is 1. The van der Waals surface area contributed by atoms with Crippen LogP contribution in [0.25, 0.3) is 11.3 Å². The first-order chi connectivity index (χ1) is 12.3. The number of fused-ring (bicyclic) bond motifs is 1. The summed E-state index contributed by atoms with van der Waals surface area (Å²) >= 11 is 1.46. The lowest BCUT2D eigenvalue weighted by atomic mass is 10.00. The fourth-order valence-electron chi connectivity index (χ4n) is 3.12. The molecule has 126 valence electrons. The third-order valence-corrected chi connectivity index (χ3v) is 5.15. The molecule has 1 amide bonds. The van der Waals surface area contributed by atoms with Crippen LogP contribution in [0, 0.1) is 0 Å². The van der Waals surface area contributed by atoms with Gasteiger partial charge in [0.25, 0.3) is 0 Å². The molecule has 2 aromatic carbocycles. The zero-order valence-corrected chi connectivity index (χ0v) is 14.6. The van der Waals surface area contributed by atoms with Crippen LogP contribution < -0.4 is 5.32 Å². The Balaban J connectivity index is 1.36. The molecule has 4 rings (SSSR count). The fourth-order valence-corrected chi connectivity index (χ4v) is 3.86. The van der Waals surface area contributed by atoms with Crippen LogP contribution in [-0.4, -0.2) is 28.9 Å². The molecule has 0 spiro atoms. The predicted octanol–water partition coefficient (Wildman–Crippen LogP) is 3.81. The van der Waals surface area contributed by atoms with Crippen molar-refractivity contribution in [2.75, 3.05) is 18.4 Å². The first kappa shape index (κ1) is 16.0. The molecule has 0 saturated heterocycles. The van der Waals surface area contributed by atoms with E-state index in [1.54, 1.807) is 0 Å². The largest absolute Gasteiger partial charge is 0.301 e. The Morgan fingerprint density at radius 1 is 1.08 bits per heavy atom. The molecule has 0 bridgehead atoms. The van der Waals surface area contributed by atoms with Crippen molar-refractivity contribution in [3.63, 3.8) is 0 Å². The van der Waals surface area contributed by atoms with E-state index in [0.29, 0.717) is 11.7 Å². The number of rotatable bonds is 4. The average molecular weight is 349 g/mol. The molecule has 4 nitrogen and oxygen atoms in total. The summed E-state index contributed by atoms with van der Waals surface area (Å²) < 4.78 is 0. The van der Waals surface area contributed by atoms with E-state index in [1.807, 2.05) is 35.7 Å². The molecule has 2 heterocycles. The number of anilines is 1. The van der Waals surface area contributed by atoms with Gasteiger partial charge in [0, 0.05) is 24.0 Å². The Hall–Kier alpha value is -2.50. The van der Waals surface area contributed by atoms with Gasteiger partial charge in [-0.05, 0) is 17.5 Å². The minimum Gasteiger partial charge on any atom is -0.301 e. The Morgan fingerprint density at radius 2 is 1.84 bits per heavy atom. The van der Waals surface area contributed by atoms with Crippen LogP contribution in [0.15, 0.2) is 60.0 Å². The highest BCUT2D eigenvalue weighted by Crippen LogP contribution is 2.24. The van der Waals surface area contributed by atoms with Crippen LogP contribution in [0.1, 0.15) is 11.1 Å². The Kier molecular flexibility index (Phi) is 4.59. The second-order valence-corrected chi connectivity index (χ2v) is 7.04. The van der Waals surface area contributed by atoms with E-state index < -0.39 is 0 Å². The number of benzene rings is 2. The number of nitrogens with one attached hydrogen (secondary N) is 1. The summed E-state index contributed by atoms with van der Waals surface area (Å²) in [6.45, 7) is 2.14. The molecular weight excluding hydrogens is 330 g/mol. The average Bonchev–Trinajstić information content (AvgIpc) is 3.10. The van der Waals surface area contributed by atoms with Crippen LogP contribution in [-0.2, 0) is 17.8 Å². The number of carbonyl (C=O) groups is 1. The first-order valence-electron chi connectivity index (χ1n) is 8.38. The van der Waals surface area contributed by atoms with Crippen molar-refractivity contribution in [3.8, 4) is 11.3 Å². The predicted molar refractivity (Wildman–Crippen MR) is 102 cm³/mol.